The Morgan fingerprint density at radius 2 is 1.65 bits per heavy atom. The smallest absolute Gasteiger partial charge is 0.234 e. The van der Waals surface area contributed by atoms with E-state index in [0.29, 0.717) is 5.56 Å². The minimum absolute atomic E-state index is 0.0228. The van der Waals surface area contributed by atoms with Gasteiger partial charge in [0, 0.05) is 11.6 Å². The van der Waals surface area contributed by atoms with Crippen molar-refractivity contribution >= 4 is 12.7 Å². The molecule has 0 aliphatic heterocycles. The third-order valence-electron chi connectivity index (χ3n) is 2.92. The van der Waals surface area contributed by atoms with Gasteiger partial charge in [0.05, 0.1) is 11.8 Å². The molecule has 1 heterocycles. The predicted molar refractivity (Wildman–Crippen MR) is 103 cm³/mol. The van der Waals surface area contributed by atoms with Crippen LogP contribution in [0.1, 0.15) is 27.7 Å². The van der Waals surface area contributed by atoms with Crippen LogP contribution in [0.15, 0.2) is 45.3 Å². The van der Waals surface area contributed by atoms with Crippen molar-refractivity contribution in [3.8, 4) is 22.8 Å². The molecule has 0 bridgehead atoms. The normalized spacial score (nSPS) is 11.1. The number of phenols is 1. The Labute approximate surface area is 152 Å². The summed E-state index contributed by atoms with van der Waals surface area (Å²) >= 11 is 0. The summed E-state index contributed by atoms with van der Waals surface area (Å²) in [5.74, 6) is -1.01. The van der Waals surface area contributed by atoms with Crippen LogP contribution in [0.25, 0.3) is 24.0 Å². The summed E-state index contributed by atoms with van der Waals surface area (Å²) in [7, 11) is 0. The lowest BCUT2D eigenvalue weighted by atomic mass is 10.1. The molecule has 142 valence electrons. The molecule has 0 radical (unpaired) electrons. The lowest BCUT2D eigenvalue weighted by Crippen LogP contribution is -2.37. The van der Waals surface area contributed by atoms with E-state index in [9.17, 15) is 20.1 Å². The van der Waals surface area contributed by atoms with Crippen molar-refractivity contribution in [2.45, 2.75) is 27.7 Å². The van der Waals surface area contributed by atoms with Crippen LogP contribution >= 0.6 is 0 Å². The Morgan fingerprint density at radius 3 is 2.15 bits per heavy atom. The Kier molecular flexibility index (Phi) is 10.2. The highest BCUT2D eigenvalue weighted by molar-refractivity contribution is 5.64. The van der Waals surface area contributed by atoms with Crippen LogP contribution in [0.4, 0.5) is 0 Å². The van der Waals surface area contributed by atoms with Crippen molar-refractivity contribution in [2.75, 3.05) is 6.61 Å². The third kappa shape index (κ3) is 5.82. The summed E-state index contributed by atoms with van der Waals surface area (Å²) in [6, 6.07) is 5.67. The van der Waals surface area contributed by atoms with E-state index in [4.69, 9.17) is 9.52 Å². The van der Waals surface area contributed by atoms with Gasteiger partial charge in [-0.2, -0.15) is 0 Å². The van der Waals surface area contributed by atoms with E-state index < -0.39 is 11.2 Å². The SMILES string of the molecule is C=c1c(=O)c(O)c(-c2ccc(O)cc2)o/c1=C/C(O)=C\CO.CC.CC. The maximum atomic E-state index is 12.0. The first kappa shape index (κ1) is 23.0. The van der Waals surface area contributed by atoms with Gasteiger partial charge in [-0.05, 0) is 30.3 Å². The molecule has 2 rings (SSSR count). The number of allylic oxidation sites excluding steroid dienone is 1. The van der Waals surface area contributed by atoms with Gasteiger partial charge in [-0.1, -0.05) is 34.3 Å². The van der Waals surface area contributed by atoms with Crippen LogP contribution in [0.5, 0.6) is 11.5 Å². The second-order valence-corrected chi connectivity index (χ2v) is 4.45. The van der Waals surface area contributed by atoms with E-state index >= 15 is 0 Å². The zero-order chi connectivity index (χ0) is 20.3. The van der Waals surface area contributed by atoms with Gasteiger partial charge in [0.2, 0.25) is 11.2 Å². The summed E-state index contributed by atoms with van der Waals surface area (Å²) in [4.78, 5) is 12.0. The first-order chi connectivity index (χ1) is 12.4. The van der Waals surface area contributed by atoms with Crippen LogP contribution in [0, 0.1) is 0 Å². The molecule has 26 heavy (non-hydrogen) atoms. The molecule has 0 saturated carbocycles. The Bertz CT molecular complexity index is 876. The molecule has 0 unspecified atom stereocenters. The van der Waals surface area contributed by atoms with Crippen LogP contribution in [-0.2, 0) is 0 Å². The summed E-state index contributed by atoms with van der Waals surface area (Å²) in [6.07, 6.45) is 2.22. The number of aromatic hydroxyl groups is 2. The summed E-state index contributed by atoms with van der Waals surface area (Å²) in [5, 5.41) is 37.3. The van der Waals surface area contributed by atoms with Crippen LogP contribution in [-0.4, -0.2) is 27.0 Å². The molecule has 0 fully saturated rings. The van der Waals surface area contributed by atoms with Crippen molar-refractivity contribution in [2.24, 2.45) is 0 Å². The van der Waals surface area contributed by atoms with E-state index in [-0.39, 0.29) is 34.5 Å². The maximum absolute atomic E-state index is 12.0. The van der Waals surface area contributed by atoms with Gasteiger partial charge in [-0.15, -0.1) is 0 Å². The van der Waals surface area contributed by atoms with Gasteiger partial charge in [0.15, 0.2) is 5.76 Å². The summed E-state index contributed by atoms with van der Waals surface area (Å²) in [5.41, 5.74) is -0.418. The van der Waals surface area contributed by atoms with E-state index in [0.717, 1.165) is 12.2 Å². The highest BCUT2D eigenvalue weighted by atomic mass is 16.4. The van der Waals surface area contributed by atoms with E-state index in [1.165, 1.54) is 24.3 Å². The van der Waals surface area contributed by atoms with Crippen LogP contribution < -0.4 is 16.1 Å². The van der Waals surface area contributed by atoms with Crippen molar-refractivity contribution < 1.29 is 24.8 Å². The molecule has 0 saturated heterocycles. The lowest BCUT2D eigenvalue weighted by molar-refractivity contribution is 0.333. The van der Waals surface area contributed by atoms with E-state index in [1.54, 1.807) is 0 Å². The molecule has 6 nitrogen and oxygen atoms in total. The zero-order valence-corrected chi connectivity index (χ0v) is 15.5. The third-order valence-corrected chi connectivity index (χ3v) is 2.92. The molecule has 0 aliphatic rings. The first-order valence-corrected chi connectivity index (χ1v) is 8.30. The van der Waals surface area contributed by atoms with E-state index in [2.05, 4.69) is 6.58 Å². The minimum Gasteiger partial charge on any atom is -0.508 e. The molecule has 4 N–H and O–H groups in total. The molecule has 1 aromatic heterocycles. The molecule has 0 aliphatic carbocycles. The Morgan fingerprint density at radius 1 is 1.12 bits per heavy atom. The highest BCUT2D eigenvalue weighted by Crippen LogP contribution is 2.25. The standard InChI is InChI=1S/C16H14O6.2C2H6/c1-9-13(8-12(19)6-7-17)22-16(15(21)14(9)20)10-2-4-11(18)5-3-10;2*1-2/h2-6,8,17-19,21H,1,7H2;2*1-2H3/b12-6+,13-8+;;. The van der Waals surface area contributed by atoms with Gasteiger partial charge >= 0.3 is 0 Å². The van der Waals surface area contributed by atoms with Gasteiger partial charge in [0.1, 0.15) is 16.9 Å². The number of aliphatic hydroxyl groups excluding tert-OH is 2. The number of benzene rings is 1. The first-order valence-electron chi connectivity index (χ1n) is 8.30. The van der Waals surface area contributed by atoms with Crippen molar-refractivity contribution in [1.29, 1.82) is 0 Å². The fourth-order valence-electron chi connectivity index (χ4n) is 1.79. The van der Waals surface area contributed by atoms with Gasteiger partial charge in [0.25, 0.3) is 0 Å². The molecule has 0 atom stereocenters. The second-order valence-electron chi connectivity index (χ2n) is 4.45. The molecule has 0 spiro atoms. The average Bonchev–Trinajstić information content (AvgIpc) is 2.66. The van der Waals surface area contributed by atoms with Crippen LogP contribution in [0.2, 0.25) is 0 Å². The molecular formula is C20H26O6. The Balaban J connectivity index is 0.00000146. The molecule has 2 aromatic rings. The molecule has 0 amide bonds. The summed E-state index contributed by atoms with van der Waals surface area (Å²) in [6.45, 7) is 11.1. The number of rotatable bonds is 3. The van der Waals surface area contributed by atoms with Crippen LogP contribution in [0.3, 0.4) is 0 Å². The molecule has 1 aromatic carbocycles. The maximum Gasteiger partial charge on any atom is 0.234 e. The predicted octanol–water partition coefficient (Wildman–Crippen LogP) is 2.40. The van der Waals surface area contributed by atoms with Gasteiger partial charge in [-0.25, -0.2) is 0 Å². The lowest BCUT2D eigenvalue weighted by Gasteiger charge is -2.04. The fraction of sp³-hybridized carbons (Fsp3) is 0.250. The molecular weight excluding hydrogens is 336 g/mol. The fourth-order valence-corrected chi connectivity index (χ4v) is 1.79. The van der Waals surface area contributed by atoms with Crippen molar-refractivity contribution in [3.63, 3.8) is 0 Å². The Hall–Kier alpha value is -2.99. The number of hydrogen-bond acceptors (Lipinski definition) is 6. The topological polar surface area (TPSA) is 111 Å². The largest absolute Gasteiger partial charge is 0.508 e. The summed E-state index contributed by atoms with van der Waals surface area (Å²) < 4.78 is 5.43. The minimum atomic E-state index is -0.739. The quantitative estimate of drug-likeness (QED) is 0.624. The molecule has 6 heteroatoms. The van der Waals surface area contributed by atoms with E-state index in [1.807, 2.05) is 27.7 Å². The second kappa shape index (κ2) is 11.5. The zero-order valence-electron chi connectivity index (χ0n) is 15.5. The highest BCUT2D eigenvalue weighted by Gasteiger charge is 2.13. The van der Waals surface area contributed by atoms with Gasteiger partial charge < -0.3 is 24.8 Å². The van der Waals surface area contributed by atoms with Crippen molar-refractivity contribution in [1.82, 2.24) is 0 Å². The number of phenolic OH excluding ortho intramolecular Hbond substituents is 1. The average molecular weight is 362 g/mol. The number of aliphatic hydroxyl groups is 2. The van der Waals surface area contributed by atoms with Gasteiger partial charge in [-0.3, -0.25) is 4.79 Å². The van der Waals surface area contributed by atoms with Crippen molar-refractivity contribution in [3.05, 3.63) is 57.0 Å². The number of hydrogen-bond donors (Lipinski definition) is 4. The monoisotopic (exact) mass is 362 g/mol.